The van der Waals surface area contributed by atoms with Crippen molar-refractivity contribution in [2.45, 2.75) is 37.9 Å². The lowest BCUT2D eigenvalue weighted by atomic mass is 9.58. The van der Waals surface area contributed by atoms with E-state index in [9.17, 15) is 9.59 Å². The van der Waals surface area contributed by atoms with Gasteiger partial charge >= 0.3 is 0 Å². The molecule has 3 aliphatic carbocycles. The van der Waals surface area contributed by atoms with Crippen LogP contribution in [-0.2, 0) is 11.3 Å². The number of nitrogens with one attached hydrogen (secondary N) is 3. The zero-order valence-corrected chi connectivity index (χ0v) is 16.8. The third kappa shape index (κ3) is 3.18. The average Bonchev–Trinajstić information content (AvgIpc) is 2.73. The summed E-state index contributed by atoms with van der Waals surface area (Å²) >= 11 is 6.21. The molecule has 0 unspecified atom stereocenters. The predicted octanol–water partition coefficient (Wildman–Crippen LogP) is 3.94. The van der Waals surface area contributed by atoms with E-state index in [4.69, 9.17) is 11.6 Å². The van der Waals surface area contributed by atoms with Crippen LogP contribution < -0.4 is 16.0 Å². The number of hydrogen-bond donors (Lipinski definition) is 3. The van der Waals surface area contributed by atoms with Crippen LogP contribution in [0.5, 0.6) is 0 Å². The van der Waals surface area contributed by atoms with Gasteiger partial charge in [-0.1, -0.05) is 41.9 Å². The van der Waals surface area contributed by atoms with Crippen molar-refractivity contribution >= 4 is 29.1 Å². The Balaban J connectivity index is 1.30. The number of fused-ring (bicyclic) bond motifs is 3. The van der Waals surface area contributed by atoms with Gasteiger partial charge in [-0.2, -0.15) is 0 Å². The first kappa shape index (κ1) is 18.5. The predicted molar refractivity (Wildman–Crippen MR) is 112 cm³/mol. The number of amides is 2. The Labute approximate surface area is 175 Å². The molecule has 3 saturated carbocycles. The maximum atomic E-state index is 12.9. The molecule has 0 saturated heterocycles. The van der Waals surface area contributed by atoms with Crippen LogP contribution in [0.1, 0.15) is 41.6 Å². The minimum atomic E-state index is -0.437. The average molecular weight is 410 g/mol. The highest BCUT2D eigenvalue weighted by Crippen LogP contribution is 2.51. The van der Waals surface area contributed by atoms with Gasteiger partial charge in [0, 0.05) is 29.1 Å². The van der Waals surface area contributed by atoms with Gasteiger partial charge in [-0.15, -0.1) is 0 Å². The smallest absolute Gasteiger partial charge is 0.255 e. The number of anilines is 1. The third-order valence-corrected chi connectivity index (χ3v) is 7.26. The molecule has 0 aromatic heterocycles. The van der Waals surface area contributed by atoms with Crippen LogP contribution in [0.4, 0.5) is 5.69 Å². The molecular formula is C23H24ClN3O2. The summed E-state index contributed by atoms with van der Waals surface area (Å²) < 4.78 is 0. The quantitative estimate of drug-likeness (QED) is 0.719. The molecule has 2 bridgehead atoms. The van der Waals surface area contributed by atoms with E-state index in [1.54, 1.807) is 0 Å². The van der Waals surface area contributed by atoms with E-state index in [2.05, 4.69) is 16.0 Å². The summed E-state index contributed by atoms with van der Waals surface area (Å²) in [6.07, 6.45) is 3.61. The molecule has 6 rings (SSSR count). The number of benzene rings is 2. The molecule has 5 nitrogen and oxygen atoms in total. The Morgan fingerprint density at radius 3 is 2.69 bits per heavy atom. The normalized spacial score (nSPS) is 29.7. The maximum Gasteiger partial charge on any atom is 0.255 e. The van der Waals surface area contributed by atoms with Crippen molar-refractivity contribution in [1.29, 1.82) is 0 Å². The number of carbonyl (C=O) groups is 2. The van der Waals surface area contributed by atoms with Gasteiger partial charge < -0.3 is 16.0 Å². The van der Waals surface area contributed by atoms with Gasteiger partial charge in [0.2, 0.25) is 5.91 Å². The lowest BCUT2D eigenvalue weighted by Gasteiger charge is -2.56. The van der Waals surface area contributed by atoms with E-state index in [1.165, 1.54) is 0 Å². The van der Waals surface area contributed by atoms with Crippen molar-refractivity contribution < 1.29 is 9.59 Å². The molecule has 150 valence electrons. The van der Waals surface area contributed by atoms with Gasteiger partial charge in [-0.25, -0.2) is 0 Å². The third-order valence-electron chi connectivity index (χ3n) is 6.89. The SMILES string of the molecule is O=C1N[C@@]2(C[C@H]3CC[C@H]2C[C@@H]3C(=O)NCc2ccccc2Cl)Nc2ccccc21. The Morgan fingerprint density at radius 2 is 1.90 bits per heavy atom. The van der Waals surface area contributed by atoms with Crippen LogP contribution in [0.3, 0.4) is 0 Å². The van der Waals surface area contributed by atoms with E-state index in [0.717, 1.165) is 36.9 Å². The van der Waals surface area contributed by atoms with Gasteiger partial charge in [0.1, 0.15) is 5.66 Å². The molecule has 0 radical (unpaired) electrons. The van der Waals surface area contributed by atoms with Crippen LogP contribution in [0, 0.1) is 17.8 Å². The van der Waals surface area contributed by atoms with Crippen molar-refractivity contribution in [2.24, 2.45) is 17.8 Å². The summed E-state index contributed by atoms with van der Waals surface area (Å²) in [6, 6.07) is 15.2. The fourth-order valence-electron chi connectivity index (χ4n) is 5.42. The second-order valence-electron chi connectivity index (χ2n) is 8.49. The fraction of sp³-hybridized carbons (Fsp3) is 0.391. The molecule has 6 heteroatoms. The Kier molecular flexibility index (Phi) is 4.50. The molecule has 1 heterocycles. The van der Waals surface area contributed by atoms with Crippen LogP contribution in [0.25, 0.3) is 0 Å². The van der Waals surface area contributed by atoms with Gasteiger partial charge in [-0.3, -0.25) is 9.59 Å². The highest BCUT2D eigenvalue weighted by atomic mass is 35.5. The minimum Gasteiger partial charge on any atom is -0.362 e. The number of para-hydroxylation sites is 1. The zero-order chi connectivity index (χ0) is 20.0. The molecule has 1 aliphatic heterocycles. The van der Waals surface area contributed by atoms with E-state index < -0.39 is 5.66 Å². The summed E-state index contributed by atoms with van der Waals surface area (Å²) in [5.74, 6) is 0.548. The highest BCUT2D eigenvalue weighted by molar-refractivity contribution is 6.31. The molecule has 4 atom stereocenters. The van der Waals surface area contributed by atoms with Crippen LogP contribution in [0.15, 0.2) is 48.5 Å². The Bertz CT molecular complexity index is 978. The molecule has 2 aromatic rings. The summed E-state index contributed by atoms with van der Waals surface area (Å²) in [5, 5.41) is 10.6. The summed E-state index contributed by atoms with van der Waals surface area (Å²) in [6.45, 7) is 0.444. The second-order valence-corrected chi connectivity index (χ2v) is 8.89. The van der Waals surface area contributed by atoms with E-state index in [0.29, 0.717) is 17.1 Å². The van der Waals surface area contributed by atoms with E-state index in [-0.39, 0.29) is 29.6 Å². The number of halogens is 1. The first-order valence-corrected chi connectivity index (χ1v) is 10.6. The largest absolute Gasteiger partial charge is 0.362 e. The molecule has 2 aromatic carbocycles. The summed E-state index contributed by atoms with van der Waals surface area (Å²) in [7, 11) is 0. The topological polar surface area (TPSA) is 70.2 Å². The molecule has 2 amide bonds. The Morgan fingerprint density at radius 1 is 1.10 bits per heavy atom. The summed E-state index contributed by atoms with van der Waals surface area (Å²) in [5.41, 5.74) is 2.07. The monoisotopic (exact) mass is 409 g/mol. The molecule has 4 aliphatic rings. The van der Waals surface area contributed by atoms with Crippen LogP contribution in [-0.4, -0.2) is 17.5 Å². The zero-order valence-electron chi connectivity index (χ0n) is 16.1. The highest BCUT2D eigenvalue weighted by Gasteiger charge is 2.55. The number of carbonyl (C=O) groups excluding carboxylic acids is 2. The van der Waals surface area contributed by atoms with Crippen molar-refractivity contribution in [2.75, 3.05) is 5.32 Å². The van der Waals surface area contributed by atoms with Crippen molar-refractivity contribution in [1.82, 2.24) is 10.6 Å². The maximum absolute atomic E-state index is 12.9. The standard InChI is InChI=1S/C23H24ClN3O2/c24-19-7-3-1-5-15(19)13-25-21(28)18-11-16-10-9-14(18)12-23(16)26-20-8-4-2-6-17(20)22(29)27-23/h1-8,14,16,18,26H,9-13H2,(H,25,28)(H,27,29)/t14-,16+,18+,23-/m1/s1. The van der Waals surface area contributed by atoms with Gasteiger partial charge in [0.05, 0.1) is 5.56 Å². The van der Waals surface area contributed by atoms with E-state index in [1.807, 2.05) is 48.5 Å². The first-order chi connectivity index (χ1) is 14.1. The molecule has 29 heavy (non-hydrogen) atoms. The second kappa shape index (κ2) is 7.06. The van der Waals surface area contributed by atoms with Crippen molar-refractivity contribution in [3.63, 3.8) is 0 Å². The lowest BCUT2D eigenvalue weighted by Crippen LogP contribution is -2.68. The van der Waals surface area contributed by atoms with Crippen molar-refractivity contribution in [3.8, 4) is 0 Å². The molecule has 1 spiro atoms. The number of rotatable bonds is 3. The van der Waals surface area contributed by atoms with Crippen LogP contribution in [0.2, 0.25) is 5.02 Å². The molecular weight excluding hydrogens is 386 g/mol. The lowest BCUT2D eigenvalue weighted by molar-refractivity contribution is -0.132. The van der Waals surface area contributed by atoms with Gasteiger partial charge in [-0.05, 0) is 55.4 Å². The van der Waals surface area contributed by atoms with Crippen molar-refractivity contribution in [3.05, 3.63) is 64.7 Å². The van der Waals surface area contributed by atoms with E-state index >= 15 is 0 Å². The van der Waals surface area contributed by atoms with Gasteiger partial charge in [0.25, 0.3) is 5.91 Å². The molecule has 3 N–H and O–H groups in total. The minimum absolute atomic E-state index is 0.0160. The number of hydrogen-bond acceptors (Lipinski definition) is 3. The molecule has 3 fully saturated rings. The fourth-order valence-corrected chi connectivity index (χ4v) is 5.62. The Hall–Kier alpha value is -2.53. The van der Waals surface area contributed by atoms with Crippen LogP contribution >= 0.6 is 11.6 Å². The first-order valence-electron chi connectivity index (χ1n) is 10.3. The van der Waals surface area contributed by atoms with Gasteiger partial charge in [0.15, 0.2) is 0 Å². The summed E-state index contributed by atoms with van der Waals surface area (Å²) in [4.78, 5) is 25.6.